The molecule has 0 aliphatic carbocycles. The number of methoxy groups -OCH3 is 1. The minimum Gasteiger partial charge on any atom is -0.481 e. The Balaban J connectivity index is 3.46. The Bertz CT molecular complexity index is 474. The standard InChI is InChI=1S/C10H7F2N3O/c1-16-10-6(2-3-13)7(4-14)8(5-15-10)9(11)12/h5,9H,2H2,1H3. The van der Waals surface area contributed by atoms with Crippen LogP contribution in [0, 0.1) is 22.7 Å². The number of hydrogen-bond donors (Lipinski definition) is 0. The molecule has 0 aliphatic rings. The van der Waals surface area contributed by atoms with Gasteiger partial charge in [0.25, 0.3) is 6.43 Å². The van der Waals surface area contributed by atoms with Crippen LogP contribution in [0.4, 0.5) is 8.78 Å². The van der Waals surface area contributed by atoms with E-state index < -0.39 is 12.0 Å². The molecule has 0 aromatic carbocycles. The zero-order chi connectivity index (χ0) is 12.1. The van der Waals surface area contributed by atoms with E-state index in [1.807, 2.05) is 0 Å². The molecule has 82 valence electrons. The van der Waals surface area contributed by atoms with Crippen LogP contribution in [0.1, 0.15) is 23.1 Å². The molecule has 4 nitrogen and oxygen atoms in total. The van der Waals surface area contributed by atoms with Crippen molar-refractivity contribution in [2.24, 2.45) is 0 Å². The van der Waals surface area contributed by atoms with Crippen LogP contribution in [0.25, 0.3) is 0 Å². The average Bonchev–Trinajstić information content (AvgIpc) is 2.28. The van der Waals surface area contributed by atoms with E-state index in [0.717, 1.165) is 6.20 Å². The molecule has 0 radical (unpaired) electrons. The molecular formula is C10H7F2N3O. The summed E-state index contributed by atoms with van der Waals surface area (Å²) in [6.07, 6.45) is -2.10. The molecular weight excluding hydrogens is 216 g/mol. The lowest BCUT2D eigenvalue weighted by Crippen LogP contribution is -2.03. The van der Waals surface area contributed by atoms with Gasteiger partial charge in [-0.15, -0.1) is 0 Å². The van der Waals surface area contributed by atoms with Gasteiger partial charge in [-0.25, -0.2) is 13.8 Å². The maximum absolute atomic E-state index is 12.6. The van der Waals surface area contributed by atoms with E-state index in [9.17, 15) is 8.78 Å². The van der Waals surface area contributed by atoms with Crippen LogP contribution in [0.15, 0.2) is 6.20 Å². The summed E-state index contributed by atoms with van der Waals surface area (Å²) in [5, 5.41) is 17.4. The molecule has 0 bridgehead atoms. The molecule has 0 saturated heterocycles. The van der Waals surface area contributed by atoms with Gasteiger partial charge >= 0.3 is 0 Å². The number of nitrogens with zero attached hydrogens (tertiary/aromatic N) is 3. The first-order valence-corrected chi connectivity index (χ1v) is 4.26. The van der Waals surface area contributed by atoms with Gasteiger partial charge in [0, 0.05) is 11.8 Å². The normalized spacial score (nSPS) is 9.62. The minimum atomic E-state index is -2.80. The van der Waals surface area contributed by atoms with Gasteiger partial charge in [0.2, 0.25) is 5.88 Å². The van der Waals surface area contributed by atoms with Gasteiger partial charge in [-0.05, 0) is 0 Å². The molecule has 6 heteroatoms. The minimum absolute atomic E-state index is 0.0301. The SMILES string of the molecule is COc1ncc(C(F)F)c(C#N)c1CC#N. The molecule has 0 atom stereocenters. The first kappa shape index (κ1) is 11.9. The lowest BCUT2D eigenvalue weighted by atomic mass is 10.0. The van der Waals surface area contributed by atoms with Crippen LogP contribution in [-0.2, 0) is 6.42 Å². The van der Waals surface area contributed by atoms with Crippen LogP contribution in [0.5, 0.6) is 5.88 Å². The number of halogens is 2. The topological polar surface area (TPSA) is 69.7 Å². The number of hydrogen-bond acceptors (Lipinski definition) is 4. The van der Waals surface area contributed by atoms with E-state index in [-0.39, 0.29) is 23.4 Å². The third-order valence-electron chi connectivity index (χ3n) is 1.97. The molecule has 0 unspecified atom stereocenters. The molecule has 0 fully saturated rings. The number of pyridine rings is 1. The Hall–Kier alpha value is -2.21. The number of ether oxygens (including phenoxy) is 1. The second-order valence-corrected chi connectivity index (χ2v) is 2.82. The maximum Gasteiger partial charge on any atom is 0.266 e. The summed E-state index contributed by atoms with van der Waals surface area (Å²) in [5.41, 5.74) is -0.609. The molecule has 0 aliphatic heterocycles. The molecule has 1 aromatic rings. The zero-order valence-electron chi connectivity index (χ0n) is 8.37. The van der Waals surface area contributed by atoms with E-state index in [2.05, 4.69) is 4.98 Å². The van der Waals surface area contributed by atoms with Crippen molar-refractivity contribution in [3.63, 3.8) is 0 Å². The van der Waals surface area contributed by atoms with Crippen LogP contribution in [0.2, 0.25) is 0 Å². The fraction of sp³-hybridized carbons (Fsp3) is 0.300. The summed E-state index contributed by atoms with van der Waals surface area (Å²) in [5.74, 6) is 0.0301. The highest BCUT2D eigenvalue weighted by Gasteiger charge is 2.20. The van der Waals surface area contributed by atoms with Crippen molar-refractivity contribution in [2.45, 2.75) is 12.8 Å². The monoisotopic (exact) mass is 223 g/mol. The van der Waals surface area contributed by atoms with Crippen molar-refractivity contribution < 1.29 is 13.5 Å². The maximum atomic E-state index is 12.6. The molecule has 1 aromatic heterocycles. The number of nitriles is 2. The van der Waals surface area contributed by atoms with E-state index >= 15 is 0 Å². The quantitative estimate of drug-likeness (QED) is 0.785. The van der Waals surface area contributed by atoms with Gasteiger partial charge < -0.3 is 4.74 Å². The van der Waals surface area contributed by atoms with Crippen molar-refractivity contribution >= 4 is 0 Å². The highest BCUT2D eigenvalue weighted by Crippen LogP contribution is 2.29. The lowest BCUT2D eigenvalue weighted by Gasteiger charge is -2.09. The Morgan fingerprint density at radius 3 is 2.62 bits per heavy atom. The van der Waals surface area contributed by atoms with Gasteiger partial charge in [-0.3, -0.25) is 0 Å². The number of alkyl halides is 2. The molecule has 0 saturated carbocycles. The molecule has 0 spiro atoms. The van der Waals surface area contributed by atoms with Crippen molar-refractivity contribution in [3.05, 3.63) is 22.9 Å². The zero-order valence-corrected chi connectivity index (χ0v) is 8.37. The van der Waals surface area contributed by atoms with Crippen molar-refractivity contribution in [1.82, 2.24) is 4.98 Å². The second-order valence-electron chi connectivity index (χ2n) is 2.82. The van der Waals surface area contributed by atoms with Gasteiger partial charge in [0.1, 0.15) is 6.07 Å². The Morgan fingerprint density at radius 1 is 1.50 bits per heavy atom. The Kier molecular flexibility index (Phi) is 3.73. The molecule has 16 heavy (non-hydrogen) atoms. The molecule has 1 heterocycles. The van der Waals surface area contributed by atoms with Crippen LogP contribution in [0.3, 0.4) is 0 Å². The van der Waals surface area contributed by atoms with Crippen LogP contribution >= 0.6 is 0 Å². The van der Waals surface area contributed by atoms with E-state index in [1.54, 1.807) is 12.1 Å². The van der Waals surface area contributed by atoms with Gasteiger partial charge in [0.05, 0.1) is 30.7 Å². The molecule has 1 rings (SSSR count). The molecule has 0 N–H and O–H groups in total. The molecule has 0 amide bonds. The fourth-order valence-corrected chi connectivity index (χ4v) is 1.27. The summed E-state index contributed by atoms with van der Waals surface area (Å²) in [7, 11) is 1.30. The van der Waals surface area contributed by atoms with E-state index in [0.29, 0.717) is 0 Å². The van der Waals surface area contributed by atoms with Crippen LogP contribution in [-0.4, -0.2) is 12.1 Å². The number of rotatable bonds is 3. The van der Waals surface area contributed by atoms with E-state index in [4.69, 9.17) is 15.3 Å². The Morgan fingerprint density at radius 2 is 2.19 bits per heavy atom. The van der Waals surface area contributed by atoms with E-state index in [1.165, 1.54) is 7.11 Å². The smallest absolute Gasteiger partial charge is 0.266 e. The largest absolute Gasteiger partial charge is 0.481 e. The van der Waals surface area contributed by atoms with Crippen molar-refractivity contribution in [2.75, 3.05) is 7.11 Å². The van der Waals surface area contributed by atoms with Crippen molar-refractivity contribution in [3.8, 4) is 18.0 Å². The van der Waals surface area contributed by atoms with Gasteiger partial charge in [0.15, 0.2) is 0 Å². The lowest BCUT2D eigenvalue weighted by molar-refractivity contribution is 0.150. The third-order valence-corrected chi connectivity index (χ3v) is 1.97. The average molecular weight is 223 g/mol. The third kappa shape index (κ3) is 2.06. The fourth-order valence-electron chi connectivity index (χ4n) is 1.27. The Labute approximate surface area is 90.7 Å². The highest BCUT2D eigenvalue weighted by molar-refractivity contribution is 5.49. The van der Waals surface area contributed by atoms with Gasteiger partial charge in [-0.2, -0.15) is 10.5 Å². The predicted molar refractivity (Wildman–Crippen MR) is 49.8 cm³/mol. The first-order chi connectivity index (χ1) is 7.65. The first-order valence-electron chi connectivity index (χ1n) is 4.26. The summed E-state index contributed by atoms with van der Waals surface area (Å²) in [6, 6.07) is 3.44. The predicted octanol–water partition coefficient (Wildman–Crippen LogP) is 1.97. The summed E-state index contributed by atoms with van der Waals surface area (Å²) in [6.45, 7) is 0. The highest BCUT2D eigenvalue weighted by atomic mass is 19.3. The summed E-state index contributed by atoms with van der Waals surface area (Å²) < 4.78 is 29.9. The van der Waals surface area contributed by atoms with Crippen LogP contribution < -0.4 is 4.74 Å². The van der Waals surface area contributed by atoms with Crippen molar-refractivity contribution in [1.29, 1.82) is 10.5 Å². The second kappa shape index (κ2) is 5.04. The number of aromatic nitrogens is 1. The summed E-state index contributed by atoms with van der Waals surface area (Å²) in [4.78, 5) is 3.64. The summed E-state index contributed by atoms with van der Waals surface area (Å²) >= 11 is 0. The van der Waals surface area contributed by atoms with Gasteiger partial charge in [-0.1, -0.05) is 0 Å².